The Kier molecular flexibility index (Phi) is 8.91. The van der Waals surface area contributed by atoms with Gasteiger partial charge in [-0.3, -0.25) is 0 Å². The zero-order valence-electron chi connectivity index (χ0n) is 15.4. The van der Waals surface area contributed by atoms with Crippen LogP contribution in [0, 0.1) is 5.92 Å². The minimum atomic E-state index is 0.730. The zero-order valence-corrected chi connectivity index (χ0v) is 15.4. The molecule has 1 aliphatic carbocycles. The predicted molar refractivity (Wildman–Crippen MR) is 104 cm³/mol. The first-order chi connectivity index (χ1) is 11.8. The number of hydrogen-bond donors (Lipinski definition) is 0. The van der Waals surface area contributed by atoms with Gasteiger partial charge in [0.1, 0.15) is 0 Å². The summed E-state index contributed by atoms with van der Waals surface area (Å²) in [5.41, 5.74) is 2.81. The van der Waals surface area contributed by atoms with E-state index in [0.717, 1.165) is 31.5 Å². The summed E-state index contributed by atoms with van der Waals surface area (Å²) in [6.45, 7) is 7.41. The summed E-state index contributed by atoms with van der Waals surface area (Å²) in [4.78, 5) is 0. The lowest BCUT2D eigenvalue weighted by atomic mass is 9.77. The van der Waals surface area contributed by atoms with E-state index >= 15 is 0 Å². The highest BCUT2D eigenvalue weighted by Gasteiger charge is 2.21. The van der Waals surface area contributed by atoms with Crippen molar-refractivity contribution >= 4 is 0 Å². The Morgan fingerprint density at radius 2 is 1.83 bits per heavy atom. The molecular weight excluding hydrogens is 292 g/mol. The van der Waals surface area contributed by atoms with E-state index in [9.17, 15) is 0 Å². The van der Waals surface area contributed by atoms with Crippen LogP contribution in [-0.2, 0) is 11.3 Å². The van der Waals surface area contributed by atoms with E-state index in [1.807, 2.05) is 6.92 Å². The fourth-order valence-electron chi connectivity index (χ4n) is 3.73. The molecule has 0 aliphatic heterocycles. The first kappa shape index (κ1) is 19.0. The number of rotatable bonds is 10. The van der Waals surface area contributed by atoms with E-state index in [1.54, 1.807) is 0 Å². The lowest BCUT2D eigenvalue weighted by Crippen LogP contribution is -2.13. The largest absolute Gasteiger partial charge is 0.376 e. The summed E-state index contributed by atoms with van der Waals surface area (Å²) in [5, 5.41) is 0. The van der Waals surface area contributed by atoms with Gasteiger partial charge in [-0.2, -0.15) is 0 Å². The molecule has 1 saturated carbocycles. The normalized spacial score (nSPS) is 21.2. The van der Waals surface area contributed by atoms with Crippen LogP contribution in [0.15, 0.2) is 49.1 Å². The molecule has 2 rings (SSSR count). The molecule has 0 heterocycles. The third kappa shape index (κ3) is 6.65. The van der Waals surface area contributed by atoms with Gasteiger partial charge in [-0.05, 0) is 74.8 Å². The molecule has 1 fully saturated rings. The highest BCUT2D eigenvalue weighted by molar-refractivity contribution is 5.25. The van der Waals surface area contributed by atoms with Crippen molar-refractivity contribution in [3.8, 4) is 0 Å². The van der Waals surface area contributed by atoms with Crippen molar-refractivity contribution in [1.29, 1.82) is 0 Å². The van der Waals surface area contributed by atoms with Crippen molar-refractivity contribution in [3.05, 3.63) is 60.2 Å². The topological polar surface area (TPSA) is 9.23 Å². The Morgan fingerprint density at radius 3 is 2.50 bits per heavy atom. The second-order valence-corrected chi connectivity index (χ2v) is 7.09. The summed E-state index contributed by atoms with van der Waals surface area (Å²) in [5.74, 6) is 1.72. The number of hydrogen-bond acceptors (Lipinski definition) is 1. The van der Waals surface area contributed by atoms with E-state index in [2.05, 4.69) is 49.1 Å². The van der Waals surface area contributed by atoms with Gasteiger partial charge in [0.05, 0.1) is 13.2 Å². The van der Waals surface area contributed by atoms with Gasteiger partial charge in [-0.25, -0.2) is 0 Å². The molecule has 0 N–H and O–H groups in total. The summed E-state index contributed by atoms with van der Waals surface area (Å²) in [6, 6.07) is 9.16. The van der Waals surface area contributed by atoms with Crippen LogP contribution < -0.4 is 0 Å². The molecule has 1 heteroatoms. The predicted octanol–water partition coefficient (Wildman–Crippen LogP) is 6.80. The molecule has 0 spiro atoms. The molecule has 1 aromatic rings. The Bertz CT molecular complexity index is 477. The van der Waals surface area contributed by atoms with Gasteiger partial charge < -0.3 is 4.74 Å². The van der Waals surface area contributed by atoms with Crippen LogP contribution in [-0.4, -0.2) is 6.61 Å². The van der Waals surface area contributed by atoms with E-state index in [1.165, 1.54) is 56.1 Å². The van der Waals surface area contributed by atoms with Crippen molar-refractivity contribution in [2.24, 2.45) is 5.92 Å². The minimum Gasteiger partial charge on any atom is -0.376 e. The SMILES string of the molecule is C=CCCCC1CCC(c2ccc(COCC/C=C/C)cc2)CC1. The Morgan fingerprint density at radius 1 is 1.08 bits per heavy atom. The highest BCUT2D eigenvalue weighted by atomic mass is 16.5. The van der Waals surface area contributed by atoms with Gasteiger partial charge in [0.15, 0.2) is 0 Å². The zero-order chi connectivity index (χ0) is 17.0. The molecule has 0 unspecified atom stereocenters. The quantitative estimate of drug-likeness (QED) is 0.339. The molecular formula is C23H34O. The molecule has 0 aromatic heterocycles. The molecule has 0 radical (unpaired) electrons. The van der Waals surface area contributed by atoms with Gasteiger partial charge in [-0.1, -0.05) is 48.9 Å². The number of ether oxygens (including phenoxy) is 1. The Labute approximate surface area is 148 Å². The Hall–Kier alpha value is -1.34. The molecule has 1 nitrogen and oxygen atoms in total. The maximum atomic E-state index is 5.71. The van der Waals surface area contributed by atoms with Crippen LogP contribution in [0.2, 0.25) is 0 Å². The molecule has 24 heavy (non-hydrogen) atoms. The average Bonchev–Trinajstić information content (AvgIpc) is 2.63. The minimum absolute atomic E-state index is 0.730. The van der Waals surface area contributed by atoms with E-state index in [4.69, 9.17) is 4.74 Å². The third-order valence-electron chi connectivity index (χ3n) is 5.25. The van der Waals surface area contributed by atoms with E-state index < -0.39 is 0 Å². The van der Waals surface area contributed by atoms with Crippen LogP contribution in [0.5, 0.6) is 0 Å². The summed E-state index contributed by atoms with van der Waals surface area (Å²) in [7, 11) is 0. The molecule has 1 aromatic carbocycles. The van der Waals surface area contributed by atoms with Crippen molar-refractivity contribution in [3.63, 3.8) is 0 Å². The molecule has 0 saturated heterocycles. The molecule has 0 amide bonds. The molecule has 0 bridgehead atoms. The van der Waals surface area contributed by atoms with E-state index in [-0.39, 0.29) is 0 Å². The summed E-state index contributed by atoms with van der Waals surface area (Å²) >= 11 is 0. The summed E-state index contributed by atoms with van der Waals surface area (Å²) in [6.07, 6.45) is 16.7. The fraction of sp³-hybridized carbons (Fsp3) is 0.565. The number of benzene rings is 1. The maximum absolute atomic E-state index is 5.71. The van der Waals surface area contributed by atoms with Crippen molar-refractivity contribution in [2.45, 2.75) is 70.8 Å². The van der Waals surface area contributed by atoms with Gasteiger partial charge in [0.25, 0.3) is 0 Å². The van der Waals surface area contributed by atoms with Crippen LogP contribution in [0.25, 0.3) is 0 Å². The second-order valence-electron chi connectivity index (χ2n) is 7.09. The molecule has 132 valence electrons. The third-order valence-corrected chi connectivity index (χ3v) is 5.25. The van der Waals surface area contributed by atoms with Gasteiger partial charge in [-0.15, -0.1) is 6.58 Å². The monoisotopic (exact) mass is 326 g/mol. The van der Waals surface area contributed by atoms with Crippen LogP contribution in [0.3, 0.4) is 0 Å². The van der Waals surface area contributed by atoms with Crippen LogP contribution >= 0.6 is 0 Å². The average molecular weight is 327 g/mol. The number of allylic oxidation sites excluding steroid dienone is 2. The lowest BCUT2D eigenvalue weighted by molar-refractivity contribution is 0.125. The van der Waals surface area contributed by atoms with Crippen LogP contribution in [0.4, 0.5) is 0 Å². The summed E-state index contributed by atoms with van der Waals surface area (Å²) < 4.78 is 5.71. The highest BCUT2D eigenvalue weighted by Crippen LogP contribution is 2.37. The fourth-order valence-corrected chi connectivity index (χ4v) is 3.73. The first-order valence-electron chi connectivity index (χ1n) is 9.72. The van der Waals surface area contributed by atoms with Crippen molar-refractivity contribution in [2.75, 3.05) is 6.61 Å². The maximum Gasteiger partial charge on any atom is 0.0717 e. The van der Waals surface area contributed by atoms with Crippen LogP contribution in [0.1, 0.15) is 75.3 Å². The van der Waals surface area contributed by atoms with Crippen molar-refractivity contribution < 1.29 is 4.74 Å². The molecule has 0 atom stereocenters. The van der Waals surface area contributed by atoms with Gasteiger partial charge in [0, 0.05) is 0 Å². The van der Waals surface area contributed by atoms with E-state index in [0.29, 0.717) is 0 Å². The number of unbranched alkanes of at least 4 members (excludes halogenated alkanes) is 1. The Balaban J connectivity index is 1.70. The van der Waals surface area contributed by atoms with Gasteiger partial charge in [0.2, 0.25) is 0 Å². The standard InChI is InChI=1S/C23H34O/c1-3-5-7-9-20-10-14-22(15-11-20)23-16-12-21(13-17-23)19-24-18-8-6-4-2/h3-4,6,12-13,16-17,20,22H,1,5,7-11,14-15,18-19H2,2H3/b6-4+. The lowest BCUT2D eigenvalue weighted by Gasteiger charge is -2.29. The van der Waals surface area contributed by atoms with Crippen molar-refractivity contribution in [1.82, 2.24) is 0 Å². The smallest absolute Gasteiger partial charge is 0.0717 e. The second kappa shape index (κ2) is 11.3. The van der Waals surface area contributed by atoms with Gasteiger partial charge >= 0.3 is 0 Å². The first-order valence-corrected chi connectivity index (χ1v) is 9.72. The molecule has 1 aliphatic rings.